The van der Waals surface area contributed by atoms with Crippen molar-refractivity contribution in [1.82, 2.24) is 14.7 Å². The van der Waals surface area contributed by atoms with E-state index in [4.69, 9.17) is 0 Å². The summed E-state index contributed by atoms with van der Waals surface area (Å²) < 4.78 is 30.6. The van der Waals surface area contributed by atoms with E-state index >= 15 is 0 Å². The number of anilines is 1. The van der Waals surface area contributed by atoms with Gasteiger partial charge in [0.25, 0.3) is 10.0 Å². The van der Waals surface area contributed by atoms with E-state index in [1.165, 1.54) is 0 Å². The molecule has 5 rings (SSSR count). The maximum Gasteiger partial charge on any atom is 0.285 e. The molecule has 1 saturated heterocycles. The normalized spacial score (nSPS) is 19.7. The Balaban J connectivity index is 1.31. The number of amidine groups is 1. The van der Waals surface area contributed by atoms with Crippen LogP contribution in [0.15, 0.2) is 63.3 Å². The number of amides is 1. The summed E-state index contributed by atoms with van der Waals surface area (Å²) in [6, 6.07) is 12.7. The van der Waals surface area contributed by atoms with Crippen molar-refractivity contribution >= 4 is 38.9 Å². The second-order valence-electron chi connectivity index (χ2n) is 7.61. The number of piperidine rings is 1. The van der Waals surface area contributed by atoms with Gasteiger partial charge in [-0.15, -0.1) is 15.7 Å². The van der Waals surface area contributed by atoms with Crippen LogP contribution in [0.1, 0.15) is 23.3 Å². The van der Waals surface area contributed by atoms with Crippen LogP contribution in [0.4, 0.5) is 5.82 Å². The molecule has 2 aromatic heterocycles. The van der Waals surface area contributed by atoms with Crippen LogP contribution in [0, 0.1) is 5.92 Å². The summed E-state index contributed by atoms with van der Waals surface area (Å²) in [4.78, 5) is 16.3. The van der Waals surface area contributed by atoms with Gasteiger partial charge in [0.15, 0.2) is 5.84 Å². The van der Waals surface area contributed by atoms with Gasteiger partial charge in [-0.3, -0.25) is 4.79 Å². The van der Waals surface area contributed by atoms with E-state index in [1.807, 2.05) is 22.4 Å². The van der Waals surface area contributed by atoms with Gasteiger partial charge in [-0.05, 0) is 36.4 Å². The van der Waals surface area contributed by atoms with Crippen LogP contribution in [-0.2, 0) is 21.4 Å². The molecule has 8 nitrogen and oxygen atoms in total. The molecule has 1 atom stereocenters. The van der Waals surface area contributed by atoms with Gasteiger partial charge in [0, 0.05) is 29.6 Å². The summed E-state index contributed by atoms with van der Waals surface area (Å²) >= 11 is 1.64. The molecule has 0 spiro atoms. The third kappa shape index (κ3) is 3.88. The minimum absolute atomic E-state index is 0.0904. The Morgan fingerprint density at radius 2 is 2.06 bits per heavy atom. The second kappa shape index (κ2) is 7.93. The number of carbonyl (C=O) groups excluding carboxylic acids is 1. The fourth-order valence-electron chi connectivity index (χ4n) is 4.04. The van der Waals surface area contributed by atoms with Crippen LogP contribution in [-0.4, -0.2) is 47.9 Å². The number of rotatable bonds is 4. The lowest BCUT2D eigenvalue weighted by molar-refractivity contribution is -0.121. The van der Waals surface area contributed by atoms with Crippen molar-refractivity contribution in [1.29, 1.82) is 0 Å². The van der Waals surface area contributed by atoms with Gasteiger partial charge in [-0.1, -0.05) is 18.2 Å². The summed E-state index contributed by atoms with van der Waals surface area (Å²) in [5.41, 5.74) is 0.609. The Morgan fingerprint density at radius 3 is 2.90 bits per heavy atom. The minimum Gasteiger partial charge on any atom is -0.355 e. The molecule has 1 N–H and O–H groups in total. The van der Waals surface area contributed by atoms with Gasteiger partial charge >= 0.3 is 0 Å². The Hall–Kier alpha value is -2.98. The molecule has 2 aliphatic rings. The zero-order valence-corrected chi connectivity index (χ0v) is 18.3. The highest BCUT2D eigenvalue weighted by molar-refractivity contribution is 7.90. The monoisotopic (exact) mass is 455 g/mol. The number of thiophene rings is 1. The van der Waals surface area contributed by atoms with E-state index in [9.17, 15) is 13.2 Å². The van der Waals surface area contributed by atoms with E-state index in [-0.39, 0.29) is 16.7 Å². The van der Waals surface area contributed by atoms with Crippen LogP contribution >= 0.6 is 11.3 Å². The molecule has 1 amide bonds. The largest absolute Gasteiger partial charge is 0.355 e. The lowest BCUT2D eigenvalue weighted by atomic mass is 9.96. The van der Waals surface area contributed by atoms with Crippen LogP contribution < -0.4 is 5.32 Å². The van der Waals surface area contributed by atoms with Crippen molar-refractivity contribution in [3.8, 4) is 0 Å². The number of hydrogen-bond acceptors (Lipinski definition) is 6. The Morgan fingerprint density at radius 1 is 1.19 bits per heavy atom. The zero-order valence-electron chi connectivity index (χ0n) is 16.6. The molecule has 1 fully saturated rings. The predicted octanol–water partition coefficient (Wildman–Crippen LogP) is 2.79. The third-order valence-electron chi connectivity index (χ3n) is 5.56. The van der Waals surface area contributed by atoms with Crippen LogP contribution in [0.2, 0.25) is 0 Å². The van der Waals surface area contributed by atoms with Gasteiger partial charge in [0.1, 0.15) is 10.7 Å². The van der Waals surface area contributed by atoms with Gasteiger partial charge < -0.3 is 10.2 Å². The lowest BCUT2D eigenvalue weighted by Gasteiger charge is -2.33. The third-order valence-corrected chi connectivity index (χ3v) is 7.74. The number of nitrogens with zero attached hydrogens (tertiary/aromatic N) is 4. The summed E-state index contributed by atoms with van der Waals surface area (Å²) in [7, 11) is -3.68. The van der Waals surface area contributed by atoms with Crippen molar-refractivity contribution in [3.63, 3.8) is 0 Å². The molecular weight excluding hydrogens is 434 g/mol. The highest BCUT2D eigenvalue weighted by Crippen LogP contribution is 2.30. The summed E-state index contributed by atoms with van der Waals surface area (Å²) in [5.74, 6) is 0.738. The first-order valence-corrected chi connectivity index (χ1v) is 12.4. The number of fused-ring (bicyclic) bond motifs is 1. The minimum atomic E-state index is -3.68. The first-order chi connectivity index (χ1) is 15.0. The van der Waals surface area contributed by atoms with E-state index in [0.717, 1.165) is 17.7 Å². The van der Waals surface area contributed by atoms with Crippen molar-refractivity contribution in [3.05, 3.63) is 64.5 Å². The number of sulfonamides is 1. The van der Waals surface area contributed by atoms with Crippen LogP contribution in [0.5, 0.6) is 0 Å². The zero-order chi connectivity index (χ0) is 21.4. The molecule has 0 radical (unpaired) electrons. The molecule has 0 unspecified atom stereocenters. The number of likely N-dealkylation sites (tertiary alicyclic amines) is 1. The molecule has 0 bridgehead atoms. The topological polar surface area (TPSA) is 96.7 Å². The lowest BCUT2D eigenvalue weighted by Crippen LogP contribution is -2.43. The maximum atomic E-state index is 13.0. The molecule has 4 heterocycles. The van der Waals surface area contributed by atoms with E-state index < -0.39 is 10.0 Å². The van der Waals surface area contributed by atoms with Crippen molar-refractivity contribution in [2.24, 2.45) is 10.3 Å². The Labute approximate surface area is 184 Å². The Kier molecular flexibility index (Phi) is 5.11. The highest BCUT2D eigenvalue weighted by atomic mass is 32.2. The summed E-state index contributed by atoms with van der Waals surface area (Å²) in [5, 5.41) is 9.33. The highest BCUT2D eigenvalue weighted by Gasteiger charge is 2.35. The molecule has 160 valence electrons. The molecule has 0 aliphatic carbocycles. The van der Waals surface area contributed by atoms with Crippen molar-refractivity contribution in [2.75, 3.05) is 18.4 Å². The standard InChI is InChI=1S/C21H21N5O3S2/c27-21(23-19-9-10-22-26(19)14-16-6-4-12-30-16)15-5-3-11-25(13-15)20-17-7-1-2-8-18(17)31(28,29)24-20/h1-2,4,6-10,12,15H,3,5,11,13-14H2,(H,23,27)/t15-/m1/s1. The van der Waals surface area contributed by atoms with E-state index in [0.29, 0.717) is 36.9 Å². The average molecular weight is 456 g/mol. The van der Waals surface area contributed by atoms with E-state index in [2.05, 4.69) is 14.8 Å². The van der Waals surface area contributed by atoms with Gasteiger partial charge in [0.2, 0.25) is 5.91 Å². The summed E-state index contributed by atoms with van der Waals surface area (Å²) in [6.45, 7) is 1.69. The molecule has 0 saturated carbocycles. The van der Waals surface area contributed by atoms with Gasteiger partial charge in [-0.25, -0.2) is 4.68 Å². The van der Waals surface area contributed by atoms with Crippen LogP contribution in [0.3, 0.4) is 0 Å². The Bertz CT molecular complexity index is 1250. The number of benzene rings is 1. The van der Waals surface area contributed by atoms with Crippen molar-refractivity contribution in [2.45, 2.75) is 24.3 Å². The molecule has 2 aliphatic heterocycles. The van der Waals surface area contributed by atoms with Gasteiger partial charge in [-0.2, -0.15) is 13.5 Å². The molecule has 3 aromatic rings. The predicted molar refractivity (Wildman–Crippen MR) is 119 cm³/mol. The molecular formula is C21H21N5O3S2. The first-order valence-electron chi connectivity index (χ1n) is 10.1. The number of carbonyl (C=O) groups is 1. The van der Waals surface area contributed by atoms with E-state index in [1.54, 1.807) is 52.5 Å². The fraction of sp³-hybridized carbons (Fsp3) is 0.286. The SMILES string of the molecule is O=C(Nc1ccnn1Cc1cccs1)[C@@H]1CCCN(C2=NS(=O)(=O)c3ccccc32)C1. The smallest absolute Gasteiger partial charge is 0.285 e. The molecule has 1 aromatic carbocycles. The number of hydrogen-bond donors (Lipinski definition) is 1. The quantitative estimate of drug-likeness (QED) is 0.653. The number of aromatic nitrogens is 2. The van der Waals surface area contributed by atoms with Crippen molar-refractivity contribution < 1.29 is 13.2 Å². The van der Waals surface area contributed by atoms with Gasteiger partial charge in [0.05, 0.1) is 18.7 Å². The van der Waals surface area contributed by atoms with Crippen LogP contribution in [0.25, 0.3) is 0 Å². The fourth-order valence-corrected chi connectivity index (χ4v) is 5.96. The maximum absolute atomic E-state index is 13.0. The summed E-state index contributed by atoms with van der Waals surface area (Å²) in [6.07, 6.45) is 3.20. The first kappa shape index (κ1) is 20.0. The average Bonchev–Trinajstić information content (AvgIpc) is 3.50. The molecule has 10 heteroatoms. The second-order valence-corrected chi connectivity index (χ2v) is 10.2. The molecule has 31 heavy (non-hydrogen) atoms. The number of nitrogens with one attached hydrogen (secondary N) is 1.